The molecule has 1 fully saturated rings. The van der Waals surface area contributed by atoms with Crippen LogP contribution in [0.1, 0.15) is 29.4 Å². The van der Waals surface area contributed by atoms with Crippen molar-refractivity contribution >= 4 is 33.2 Å². The van der Waals surface area contributed by atoms with Gasteiger partial charge in [0.25, 0.3) is 5.91 Å². The number of carbonyl (C=O) groups excluding carboxylic acids is 1. The van der Waals surface area contributed by atoms with Gasteiger partial charge < -0.3 is 10.6 Å². The van der Waals surface area contributed by atoms with Gasteiger partial charge >= 0.3 is 0 Å². The Kier molecular flexibility index (Phi) is 4.22. The lowest BCUT2D eigenvalue weighted by atomic mass is 9.90. The van der Waals surface area contributed by atoms with E-state index in [9.17, 15) is 4.79 Å². The summed E-state index contributed by atoms with van der Waals surface area (Å²) in [5.74, 6) is 0.629. The van der Waals surface area contributed by atoms with Crippen LogP contribution >= 0.6 is 27.3 Å². The van der Waals surface area contributed by atoms with Crippen LogP contribution in [0.5, 0.6) is 0 Å². The third-order valence-corrected chi connectivity index (χ3v) is 5.08. The van der Waals surface area contributed by atoms with Crippen molar-refractivity contribution in [1.29, 1.82) is 0 Å². The maximum Gasteiger partial charge on any atom is 0.264 e. The molecule has 1 amide bonds. The van der Waals surface area contributed by atoms with Crippen molar-refractivity contribution < 1.29 is 4.79 Å². The molecule has 1 aromatic rings. The van der Waals surface area contributed by atoms with E-state index >= 15 is 0 Å². The summed E-state index contributed by atoms with van der Waals surface area (Å²) in [5, 5.41) is 1.94. The predicted molar refractivity (Wildman–Crippen MR) is 74.3 cm³/mol. The van der Waals surface area contributed by atoms with Gasteiger partial charge in [-0.15, -0.1) is 11.3 Å². The third-order valence-electron chi connectivity index (χ3n) is 3.40. The smallest absolute Gasteiger partial charge is 0.264 e. The molecule has 1 aliphatic rings. The van der Waals surface area contributed by atoms with Crippen molar-refractivity contribution in [2.45, 2.75) is 25.8 Å². The van der Waals surface area contributed by atoms with Crippen LogP contribution in [-0.4, -0.2) is 29.9 Å². The SMILES string of the molecule is C[C@H]1CCCN(C(=O)c2cc(Br)cs2)[C@@H]1CN. The summed E-state index contributed by atoms with van der Waals surface area (Å²) in [7, 11) is 0. The van der Waals surface area contributed by atoms with E-state index < -0.39 is 0 Å². The molecule has 1 saturated heterocycles. The highest BCUT2D eigenvalue weighted by atomic mass is 79.9. The number of nitrogens with zero attached hydrogens (tertiary/aromatic N) is 1. The number of rotatable bonds is 2. The molecule has 2 rings (SSSR count). The van der Waals surface area contributed by atoms with Gasteiger partial charge in [-0.25, -0.2) is 0 Å². The van der Waals surface area contributed by atoms with Crippen LogP contribution in [0, 0.1) is 5.92 Å². The van der Waals surface area contributed by atoms with Gasteiger partial charge in [0.05, 0.1) is 4.88 Å². The van der Waals surface area contributed by atoms with Crippen molar-refractivity contribution in [2.75, 3.05) is 13.1 Å². The van der Waals surface area contributed by atoms with Crippen LogP contribution in [0.15, 0.2) is 15.9 Å². The molecule has 2 atom stereocenters. The molecule has 0 bridgehead atoms. The highest BCUT2D eigenvalue weighted by Crippen LogP contribution is 2.27. The van der Waals surface area contributed by atoms with E-state index in [1.807, 2.05) is 16.3 Å². The summed E-state index contributed by atoms with van der Waals surface area (Å²) in [6.07, 6.45) is 2.25. The van der Waals surface area contributed by atoms with E-state index in [1.54, 1.807) is 0 Å². The second kappa shape index (κ2) is 5.50. The molecular formula is C12H17BrN2OS. The van der Waals surface area contributed by atoms with Crippen molar-refractivity contribution in [3.05, 3.63) is 20.8 Å². The minimum atomic E-state index is 0.128. The number of carbonyl (C=O) groups is 1. The summed E-state index contributed by atoms with van der Waals surface area (Å²) < 4.78 is 0.972. The molecule has 0 unspecified atom stereocenters. The van der Waals surface area contributed by atoms with Crippen LogP contribution in [-0.2, 0) is 0 Å². The highest BCUT2D eigenvalue weighted by molar-refractivity contribution is 9.10. The molecule has 0 radical (unpaired) electrons. The van der Waals surface area contributed by atoms with Crippen LogP contribution in [0.2, 0.25) is 0 Å². The molecule has 5 heteroatoms. The van der Waals surface area contributed by atoms with Crippen LogP contribution < -0.4 is 5.73 Å². The van der Waals surface area contributed by atoms with E-state index in [-0.39, 0.29) is 11.9 Å². The van der Waals surface area contributed by atoms with Gasteiger partial charge in [-0.2, -0.15) is 0 Å². The number of amides is 1. The van der Waals surface area contributed by atoms with Gasteiger partial charge in [0.15, 0.2) is 0 Å². The van der Waals surface area contributed by atoms with E-state index in [0.717, 1.165) is 22.3 Å². The number of likely N-dealkylation sites (tertiary alicyclic amines) is 1. The predicted octanol–water partition coefficient (Wildman–Crippen LogP) is 2.71. The van der Waals surface area contributed by atoms with Crippen molar-refractivity contribution in [1.82, 2.24) is 4.90 Å². The topological polar surface area (TPSA) is 46.3 Å². The van der Waals surface area contributed by atoms with E-state index in [4.69, 9.17) is 5.73 Å². The average Bonchev–Trinajstić information content (AvgIpc) is 2.74. The van der Waals surface area contributed by atoms with Gasteiger partial charge in [0.1, 0.15) is 0 Å². The maximum atomic E-state index is 12.4. The third kappa shape index (κ3) is 2.72. The fraction of sp³-hybridized carbons (Fsp3) is 0.583. The first-order chi connectivity index (χ1) is 8.13. The number of hydrogen-bond acceptors (Lipinski definition) is 3. The number of halogens is 1. The Labute approximate surface area is 114 Å². The summed E-state index contributed by atoms with van der Waals surface area (Å²) in [6, 6.07) is 2.08. The minimum absolute atomic E-state index is 0.128. The Balaban J connectivity index is 2.17. The number of hydrogen-bond donors (Lipinski definition) is 1. The zero-order valence-electron chi connectivity index (χ0n) is 9.86. The summed E-state index contributed by atoms with van der Waals surface area (Å²) in [6.45, 7) is 3.57. The molecule has 0 saturated carbocycles. The molecule has 1 aromatic heterocycles. The van der Waals surface area contributed by atoms with Crippen LogP contribution in [0.3, 0.4) is 0 Å². The van der Waals surface area contributed by atoms with Gasteiger partial charge in [-0.1, -0.05) is 6.92 Å². The lowest BCUT2D eigenvalue weighted by molar-refractivity contribution is 0.0537. The molecule has 0 spiro atoms. The van der Waals surface area contributed by atoms with E-state index in [0.29, 0.717) is 12.5 Å². The first-order valence-electron chi connectivity index (χ1n) is 5.88. The Morgan fingerprint density at radius 2 is 2.47 bits per heavy atom. The van der Waals surface area contributed by atoms with Crippen molar-refractivity contribution in [3.63, 3.8) is 0 Å². The Bertz CT molecular complexity index is 407. The molecule has 0 aliphatic carbocycles. The van der Waals surface area contributed by atoms with Gasteiger partial charge in [-0.3, -0.25) is 4.79 Å². The lowest BCUT2D eigenvalue weighted by Gasteiger charge is -2.39. The monoisotopic (exact) mass is 316 g/mol. The second-order valence-corrected chi connectivity index (χ2v) is 6.38. The van der Waals surface area contributed by atoms with E-state index in [2.05, 4.69) is 22.9 Å². The van der Waals surface area contributed by atoms with Crippen molar-refractivity contribution in [3.8, 4) is 0 Å². The normalized spacial score (nSPS) is 25.0. The molecule has 1 aliphatic heterocycles. The van der Waals surface area contributed by atoms with Crippen LogP contribution in [0.4, 0.5) is 0 Å². The van der Waals surface area contributed by atoms with Gasteiger partial charge in [-0.05, 0) is 40.8 Å². The number of piperidine rings is 1. The zero-order valence-corrected chi connectivity index (χ0v) is 12.3. The first kappa shape index (κ1) is 13.1. The Morgan fingerprint density at radius 1 is 1.71 bits per heavy atom. The number of nitrogens with two attached hydrogens (primary N) is 1. The summed E-state index contributed by atoms with van der Waals surface area (Å²) >= 11 is 4.87. The minimum Gasteiger partial charge on any atom is -0.333 e. The molecule has 17 heavy (non-hydrogen) atoms. The van der Waals surface area contributed by atoms with Gasteiger partial charge in [0.2, 0.25) is 0 Å². The Morgan fingerprint density at radius 3 is 3.06 bits per heavy atom. The molecule has 3 nitrogen and oxygen atoms in total. The summed E-state index contributed by atoms with van der Waals surface area (Å²) in [4.78, 5) is 15.1. The number of thiophene rings is 1. The fourth-order valence-corrected chi connectivity index (χ4v) is 3.81. The molecule has 0 aromatic carbocycles. The van der Waals surface area contributed by atoms with Crippen molar-refractivity contribution in [2.24, 2.45) is 11.7 Å². The summed E-state index contributed by atoms with van der Waals surface area (Å²) in [5.41, 5.74) is 5.81. The highest BCUT2D eigenvalue weighted by Gasteiger charge is 2.31. The van der Waals surface area contributed by atoms with Gasteiger partial charge in [0, 0.05) is 29.0 Å². The van der Waals surface area contributed by atoms with Crippen LogP contribution in [0.25, 0.3) is 0 Å². The maximum absolute atomic E-state index is 12.4. The molecule has 2 N–H and O–H groups in total. The standard InChI is InChI=1S/C12H17BrN2OS/c1-8-3-2-4-15(10(8)6-14)12(16)11-5-9(13)7-17-11/h5,7-8,10H,2-4,6,14H2,1H3/t8-,10+/m0/s1. The average molecular weight is 317 g/mol. The first-order valence-corrected chi connectivity index (χ1v) is 7.56. The Hall–Kier alpha value is -0.390. The molecule has 94 valence electrons. The fourth-order valence-electron chi connectivity index (χ4n) is 2.43. The second-order valence-electron chi connectivity index (χ2n) is 4.55. The lowest BCUT2D eigenvalue weighted by Crippen LogP contribution is -2.51. The largest absolute Gasteiger partial charge is 0.333 e. The molecular weight excluding hydrogens is 300 g/mol. The zero-order chi connectivity index (χ0) is 12.4. The quantitative estimate of drug-likeness (QED) is 0.911. The molecule has 2 heterocycles. The van der Waals surface area contributed by atoms with E-state index in [1.165, 1.54) is 17.8 Å².